The van der Waals surface area contributed by atoms with Crippen LogP contribution >= 0.6 is 0 Å². The number of anilines is 1. The second kappa shape index (κ2) is 4.04. The fourth-order valence-electron chi connectivity index (χ4n) is 1.79. The Morgan fingerprint density at radius 2 is 2.20 bits per heavy atom. The number of rotatable bonds is 3. The van der Waals surface area contributed by atoms with Gasteiger partial charge in [0.25, 0.3) is 0 Å². The Morgan fingerprint density at radius 3 is 2.87 bits per heavy atom. The van der Waals surface area contributed by atoms with Crippen molar-refractivity contribution in [1.29, 1.82) is 0 Å². The molecule has 1 aliphatic heterocycles. The van der Waals surface area contributed by atoms with Gasteiger partial charge in [0.2, 0.25) is 5.88 Å². The SMILES string of the molecule is COc1nc2c(nc1CC(C)C)CCN2. The lowest BCUT2D eigenvalue weighted by molar-refractivity contribution is 0.386. The van der Waals surface area contributed by atoms with Crippen molar-refractivity contribution < 1.29 is 4.74 Å². The molecule has 1 aromatic heterocycles. The monoisotopic (exact) mass is 207 g/mol. The van der Waals surface area contributed by atoms with Crippen LogP contribution in [0.25, 0.3) is 0 Å². The fraction of sp³-hybridized carbons (Fsp3) is 0.636. The predicted molar refractivity (Wildman–Crippen MR) is 59.3 cm³/mol. The molecule has 15 heavy (non-hydrogen) atoms. The molecule has 0 aliphatic carbocycles. The number of nitrogens with one attached hydrogen (secondary N) is 1. The van der Waals surface area contributed by atoms with E-state index in [9.17, 15) is 0 Å². The van der Waals surface area contributed by atoms with Crippen LogP contribution in [0.3, 0.4) is 0 Å². The number of ether oxygens (including phenoxy) is 1. The van der Waals surface area contributed by atoms with Crippen molar-refractivity contribution in [3.8, 4) is 5.88 Å². The van der Waals surface area contributed by atoms with Gasteiger partial charge in [-0.25, -0.2) is 4.98 Å². The summed E-state index contributed by atoms with van der Waals surface area (Å²) < 4.78 is 5.26. The van der Waals surface area contributed by atoms with Gasteiger partial charge in [-0.2, -0.15) is 4.98 Å². The summed E-state index contributed by atoms with van der Waals surface area (Å²) in [5.74, 6) is 2.12. The third kappa shape index (κ3) is 2.03. The normalized spacial score (nSPS) is 13.9. The van der Waals surface area contributed by atoms with Gasteiger partial charge in [-0.1, -0.05) is 13.8 Å². The lowest BCUT2D eigenvalue weighted by Gasteiger charge is -2.10. The van der Waals surface area contributed by atoms with Gasteiger partial charge >= 0.3 is 0 Å². The standard InChI is InChI=1S/C11H17N3O/c1-7(2)6-9-11(15-3)14-10-8(13-9)4-5-12-10/h7H,4-6H2,1-3H3,(H,12,14). The zero-order valence-corrected chi connectivity index (χ0v) is 9.50. The summed E-state index contributed by atoms with van der Waals surface area (Å²) in [5, 5.41) is 3.20. The van der Waals surface area contributed by atoms with Crippen LogP contribution in [0.2, 0.25) is 0 Å². The summed E-state index contributed by atoms with van der Waals surface area (Å²) in [6.07, 6.45) is 1.89. The first kappa shape index (κ1) is 10.2. The maximum Gasteiger partial charge on any atom is 0.237 e. The minimum atomic E-state index is 0.570. The van der Waals surface area contributed by atoms with Crippen LogP contribution in [-0.2, 0) is 12.8 Å². The second-order valence-electron chi connectivity index (χ2n) is 4.25. The van der Waals surface area contributed by atoms with Gasteiger partial charge < -0.3 is 10.1 Å². The Labute approximate surface area is 90.1 Å². The van der Waals surface area contributed by atoms with Crippen LogP contribution in [0.15, 0.2) is 0 Å². The molecular formula is C11H17N3O. The Hall–Kier alpha value is -1.32. The minimum absolute atomic E-state index is 0.570. The van der Waals surface area contributed by atoms with E-state index in [1.807, 2.05) is 0 Å². The van der Waals surface area contributed by atoms with Crippen LogP contribution < -0.4 is 10.1 Å². The molecule has 4 nitrogen and oxygen atoms in total. The maximum absolute atomic E-state index is 5.26. The van der Waals surface area contributed by atoms with Crippen molar-refractivity contribution in [1.82, 2.24) is 9.97 Å². The summed E-state index contributed by atoms with van der Waals surface area (Å²) >= 11 is 0. The van der Waals surface area contributed by atoms with Gasteiger partial charge in [0, 0.05) is 13.0 Å². The van der Waals surface area contributed by atoms with Gasteiger partial charge in [0.1, 0.15) is 5.69 Å². The third-order valence-corrected chi connectivity index (χ3v) is 2.45. The highest BCUT2D eigenvalue weighted by atomic mass is 16.5. The summed E-state index contributed by atoms with van der Waals surface area (Å²) in [4.78, 5) is 9.04. The number of aromatic nitrogens is 2. The van der Waals surface area contributed by atoms with Gasteiger partial charge in [-0.3, -0.25) is 0 Å². The molecule has 2 rings (SSSR count). The van der Waals surface area contributed by atoms with Crippen molar-refractivity contribution in [2.24, 2.45) is 5.92 Å². The molecule has 1 N–H and O–H groups in total. The van der Waals surface area contributed by atoms with Gasteiger partial charge in [-0.05, 0) is 12.3 Å². The molecule has 0 saturated carbocycles. The first-order valence-corrected chi connectivity index (χ1v) is 5.38. The number of hydrogen-bond donors (Lipinski definition) is 1. The minimum Gasteiger partial charge on any atom is -0.480 e. The highest BCUT2D eigenvalue weighted by molar-refractivity contribution is 5.48. The summed E-state index contributed by atoms with van der Waals surface area (Å²) in [7, 11) is 1.65. The van der Waals surface area contributed by atoms with E-state index in [4.69, 9.17) is 4.74 Å². The zero-order chi connectivity index (χ0) is 10.8. The smallest absolute Gasteiger partial charge is 0.237 e. The van der Waals surface area contributed by atoms with E-state index >= 15 is 0 Å². The third-order valence-electron chi connectivity index (χ3n) is 2.45. The molecule has 2 heterocycles. The van der Waals surface area contributed by atoms with Crippen LogP contribution in [0.5, 0.6) is 5.88 Å². The van der Waals surface area contributed by atoms with Crippen molar-refractivity contribution >= 4 is 5.82 Å². The van der Waals surface area contributed by atoms with Crippen LogP contribution in [-0.4, -0.2) is 23.6 Å². The Bertz CT molecular complexity index is 363. The first-order valence-electron chi connectivity index (χ1n) is 5.38. The van der Waals surface area contributed by atoms with Gasteiger partial charge in [0.05, 0.1) is 12.8 Å². The quantitative estimate of drug-likeness (QED) is 0.818. The summed E-state index contributed by atoms with van der Waals surface area (Å²) in [5.41, 5.74) is 2.06. The molecule has 1 aliphatic rings. The van der Waals surface area contributed by atoms with E-state index in [1.165, 1.54) is 0 Å². The van der Waals surface area contributed by atoms with Gasteiger partial charge in [-0.15, -0.1) is 0 Å². The molecule has 0 radical (unpaired) electrons. The second-order valence-corrected chi connectivity index (χ2v) is 4.25. The Balaban J connectivity index is 2.35. The molecule has 0 aromatic carbocycles. The summed E-state index contributed by atoms with van der Waals surface area (Å²) in [6, 6.07) is 0. The van der Waals surface area contributed by atoms with E-state index in [-0.39, 0.29) is 0 Å². The molecule has 0 unspecified atom stereocenters. The number of methoxy groups -OCH3 is 1. The van der Waals surface area contributed by atoms with Crippen molar-refractivity contribution in [3.63, 3.8) is 0 Å². The lowest BCUT2D eigenvalue weighted by Crippen LogP contribution is -2.05. The van der Waals surface area contributed by atoms with Crippen LogP contribution in [0.1, 0.15) is 25.2 Å². The predicted octanol–water partition coefficient (Wildman–Crippen LogP) is 1.65. The van der Waals surface area contributed by atoms with Crippen molar-refractivity contribution in [3.05, 3.63) is 11.4 Å². The molecule has 4 heteroatoms. The lowest BCUT2D eigenvalue weighted by atomic mass is 10.1. The average Bonchev–Trinajstić information content (AvgIpc) is 2.62. The highest BCUT2D eigenvalue weighted by Crippen LogP contribution is 2.25. The molecule has 1 aromatic rings. The largest absolute Gasteiger partial charge is 0.480 e. The van der Waals surface area contributed by atoms with Gasteiger partial charge in [0.15, 0.2) is 5.82 Å². The maximum atomic E-state index is 5.26. The van der Waals surface area contributed by atoms with Crippen molar-refractivity contribution in [2.45, 2.75) is 26.7 Å². The molecule has 0 bridgehead atoms. The Kier molecular flexibility index (Phi) is 2.75. The Morgan fingerprint density at radius 1 is 1.40 bits per heavy atom. The average molecular weight is 207 g/mol. The van der Waals surface area contributed by atoms with E-state index in [1.54, 1.807) is 7.11 Å². The number of fused-ring (bicyclic) bond motifs is 1. The van der Waals surface area contributed by atoms with E-state index in [0.29, 0.717) is 11.8 Å². The number of hydrogen-bond acceptors (Lipinski definition) is 4. The molecule has 0 amide bonds. The molecular weight excluding hydrogens is 190 g/mol. The van der Waals surface area contributed by atoms with Crippen LogP contribution in [0, 0.1) is 5.92 Å². The fourth-order valence-corrected chi connectivity index (χ4v) is 1.79. The van der Waals surface area contributed by atoms with Crippen LogP contribution in [0.4, 0.5) is 5.82 Å². The van der Waals surface area contributed by atoms with E-state index in [0.717, 1.165) is 36.6 Å². The topological polar surface area (TPSA) is 47.0 Å². The van der Waals surface area contributed by atoms with E-state index in [2.05, 4.69) is 29.1 Å². The first-order chi connectivity index (χ1) is 7.20. The highest BCUT2D eigenvalue weighted by Gasteiger charge is 2.18. The molecule has 0 fully saturated rings. The van der Waals surface area contributed by atoms with Crippen molar-refractivity contribution in [2.75, 3.05) is 19.0 Å². The molecule has 0 saturated heterocycles. The number of nitrogens with zero attached hydrogens (tertiary/aromatic N) is 2. The molecule has 82 valence electrons. The van der Waals surface area contributed by atoms with E-state index < -0.39 is 0 Å². The zero-order valence-electron chi connectivity index (χ0n) is 9.50. The summed E-state index contributed by atoms with van der Waals surface area (Å²) in [6.45, 7) is 5.28. The molecule has 0 atom stereocenters. The molecule has 0 spiro atoms.